The molecule has 3 heterocycles. The van der Waals surface area contributed by atoms with Gasteiger partial charge in [0.05, 0.1) is 36.7 Å². The molecule has 1 amide bonds. The summed E-state index contributed by atoms with van der Waals surface area (Å²) >= 11 is 6.28. The molecule has 2 fully saturated rings. The number of ether oxygens (including phenoxy) is 1. The van der Waals surface area contributed by atoms with Gasteiger partial charge in [0.15, 0.2) is 0 Å². The largest absolute Gasteiger partial charge is 0.469 e. The van der Waals surface area contributed by atoms with Crippen LogP contribution in [0.25, 0.3) is 11.3 Å². The predicted molar refractivity (Wildman–Crippen MR) is 120 cm³/mol. The summed E-state index contributed by atoms with van der Waals surface area (Å²) in [5, 5.41) is 2.06. The minimum Gasteiger partial charge on any atom is -0.469 e. The Bertz CT molecular complexity index is 996. The molecule has 4 rings (SSSR count). The van der Waals surface area contributed by atoms with Crippen LogP contribution in [0.5, 0.6) is 0 Å². The van der Waals surface area contributed by atoms with Gasteiger partial charge in [-0.05, 0) is 37.1 Å². The minimum atomic E-state index is -0.699. The van der Waals surface area contributed by atoms with E-state index in [1.165, 1.54) is 12.2 Å². The van der Waals surface area contributed by atoms with Crippen LogP contribution in [0.4, 0.5) is 0 Å². The predicted octanol–water partition coefficient (Wildman–Crippen LogP) is 4.07. The molecule has 1 aromatic carbocycles. The van der Waals surface area contributed by atoms with Crippen LogP contribution < -0.4 is 0 Å². The van der Waals surface area contributed by atoms with E-state index >= 15 is 0 Å². The van der Waals surface area contributed by atoms with Gasteiger partial charge in [-0.2, -0.15) is 0 Å². The van der Waals surface area contributed by atoms with Gasteiger partial charge in [-0.15, -0.1) is 6.58 Å². The number of nitrogens with zero attached hydrogens (tertiary/aromatic N) is 2. The minimum absolute atomic E-state index is 0.100. The van der Waals surface area contributed by atoms with Crippen LogP contribution in [-0.2, 0) is 25.7 Å². The lowest BCUT2D eigenvalue weighted by Crippen LogP contribution is -2.57. The Morgan fingerprint density at radius 3 is 2.72 bits per heavy atom. The fourth-order valence-corrected chi connectivity index (χ4v) is 4.98. The number of carbonyl (C=O) groups is 2. The third kappa shape index (κ3) is 4.20. The van der Waals surface area contributed by atoms with E-state index in [-0.39, 0.29) is 24.9 Å². The molecular formula is C24H27ClN2O5. The molecule has 0 saturated carbocycles. The van der Waals surface area contributed by atoms with E-state index in [4.69, 9.17) is 25.6 Å². The molecular weight excluding hydrogens is 432 g/mol. The van der Waals surface area contributed by atoms with Crippen molar-refractivity contribution in [2.45, 2.75) is 31.3 Å². The Hall–Kier alpha value is -2.61. The number of hydrogen-bond donors (Lipinski definition) is 0. The molecule has 170 valence electrons. The molecule has 1 spiro atoms. The second-order valence-corrected chi connectivity index (χ2v) is 8.59. The number of piperidine rings is 1. The van der Waals surface area contributed by atoms with Crippen molar-refractivity contribution in [2.24, 2.45) is 5.92 Å². The van der Waals surface area contributed by atoms with Crippen molar-refractivity contribution in [3.8, 4) is 11.3 Å². The number of methoxy groups -OCH3 is 1. The van der Waals surface area contributed by atoms with Crippen molar-refractivity contribution >= 4 is 23.5 Å². The van der Waals surface area contributed by atoms with Gasteiger partial charge in [0.25, 0.3) is 0 Å². The van der Waals surface area contributed by atoms with Crippen molar-refractivity contribution in [3.05, 3.63) is 59.8 Å². The zero-order valence-electron chi connectivity index (χ0n) is 18.1. The Balaban J connectivity index is 1.46. The second kappa shape index (κ2) is 9.48. The zero-order chi connectivity index (χ0) is 22.7. The summed E-state index contributed by atoms with van der Waals surface area (Å²) in [6, 6.07) is 11.5. The lowest BCUT2D eigenvalue weighted by atomic mass is 9.77. The van der Waals surface area contributed by atoms with Crippen LogP contribution in [0, 0.1) is 5.92 Å². The Labute approximate surface area is 192 Å². The summed E-state index contributed by atoms with van der Waals surface area (Å²) in [7, 11) is 1.36. The Morgan fingerprint density at radius 1 is 1.28 bits per heavy atom. The lowest BCUT2D eigenvalue weighted by Gasteiger charge is -2.45. The molecule has 0 unspecified atom stereocenters. The van der Waals surface area contributed by atoms with Gasteiger partial charge in [0.1, 0.15) is 11.5 Å². The molecule has 7 nitrogen and oxygen atoms in total. The van der Waals surface area contributed by atoms with Gasteiger partial charge in [-0.25, -0.2) is 5.06 Å². The number of carbonyl (C=O) groups excluding carboxylic acids is 2. The SMILES string of the molecule is C=CCON1C(=O)C[C@@H](C(=O)OC)C12CCN(Cc1ccc(-c3ccccc3Cl)o1)CC2. The number of amides is 1. The van der Waals surface area contributed by atoms with Gasteiger partial charge in [-0.1, -0.05) is 29.8 Å². The Kier molecular flexibility index (Phi) is 6.69. The van der Waals surface area contributed by atoms with Gasteiger partial charge in [0, 0.05) is 25.1 Å². The van der Waals surface area contributed by atoms with Crippen LogP contribution in [0.1, 0.15) is 25.0 Å². The summed E-state index contributed by atoms with van der Waals surface area (Å²) in [4.78, 5) is 33.1. The van der Waals surface area contributed by atoms with Crippen LogP contribution in [0.2, 0.25) is 5.02 Å². The van der Waals surface area contributed by atoms with Crippen molar-refractivity contribution in [3.63, 3.8) is 0 Å². The molecule has 1 atom stereocenters. The van der Waals surface area contributed by atoms with Crippen LogP contribution >= 0.6 is 11.6 Å². The first-order chi connectivity index (χ1) is 15.5. The lowest BCUT2D eigenvalue weighted by molar-refractivity contribution is -0.218. The highest BCUT2D eigenvalue weighted by atomic mass is 35.5. The average molecular weight is 459 g/mol. The van der Waals surface area contributed by atoms with Crippen molar-refractivity contribution in [2.75, 3.05) is 26.8 Å². The molecule has 8 heteroatoms. The number of furan rings is 1. The summed E-state index contributed by atoms with van der Waals surface area (Å²) < 4.78 is 11.0. The number of likely N-dealkylation sites (tertiary alicyclic amines) is 1. The third-order valence-electron chi connectivity index (χ3n) is 6.37. The topological polar surface area (TPSA) is 72.2 Å². The van der Waals surface area contributed by atoms with E-state index in [0.29, 0.717) is 37.5 Å². The molecule has 0 aliphatic carbocycles. The van der Waals surface area contributed by atoms with Gasteiger partial charge < -0.3 is 9.15 Å². The van der Waals surface area contributed by atoms with Crippen molar-refractivity contribution in [1.82, 2.24) is 9.96 Å². The van der Waals surface area contributed by atoms with E-state index in [2.05, 4.69) is 11.5 Å². The number of halogens is 1. The maximum Gasteiger partial charge on any atom is 0.311 e. The highest BCUT2D eigenvalue weighted by Crippen LogP contribution is 2.44. The maximum atomic E-state index is 12.6. The molecule has 2 saturated heterocycles. The van der Waals surface area contributed by atoms with Gasteiger partial charge in [0.2, 0.25) is 5.91 Å². The van der Waals surface area contributed by atoms with Gasteiger partial charge in [-0.3, -0.25) is 19.3 Å². The highest BCUT2D eigenvalue weighted by molar-refractivity contribution is 6.33. The standard InChI is InChI=1S/C24H27ClN2O5/c1-3-14-31-27-22(28)15-19(23(29)30-2)24(27)10-12-26(13-11-24)16-17-8-9-21(32-17)18-6-4-5-7-20(18)25/h3-9,19H,1,10-16H2,2H3/t19-/m0/s1. The van der Waals surface area contributed by atoms with Crippen molar-refractivity contribution < 1.29 is 23.6 Å². The summed E-state index contributed by atoms with van der Waals surface area (Å²) in [5.74, 6) is 0.471. The highest BCUT2D eigenvalue weighted by Gasteiger charge is 2.58. The quantitative estimate of drug-likeness (QED) is 0.460. The molecule has 0 bridgehead atoms. The third-order valence-corrected chi connectivity index (χ3v) is 6.70. The molecule has 2 aliphatic rings. The van der Waals surface area contributed by atoms with E-state index < -0.39 is 11.5 Å². The van der Waals surface area contributed by atoms with Crippen LogP contribution in [0.15, 0.2) is 53.5 Å². The van der Waals surface area contributed by atoms with Crippen LogP contribution in [-0.4, -0.2) is 54.2 Å². The van der Waals surface area contributed by atoms with Crippen molar-refractivity contribution in [1.29, 1.82) is 0 Å². The number of benzene rings is 1. The first-order valence-corrected chi connectivity index (χ1v) is 11.1. The fraction of sp³-hybridized carbons (Fsp3) is 0.417. The molecule has 0 N–H and O–H groups in total. The normalized spacial score (nSPS) is 20.6. The number of rotatable bonds is 7. The Morgan fingerprint density at radius 2 is 2.03 bits per heavy atom. The maximum absolute atomic E-state index is 12.6. The molecule has 1 aromatic heterocycles. The van der Waals surface area contributed by atoms with E-state index in [1.807, 2.05) is 36.4 Å². The van der Waals surface area contributed by atoms with E-state index in [9.17, 15) is 9.59 Å². The summed E-state index contributed by atoms with van der Waals surface area (Å²) in [5.41, 5.74) is 0.161. The second-order valence-electron chi connectivity index (χ2n) is 8.18. The summed E-state index contributed by atoms with van der Waals surface area (Å²) in [6.45, 7) is 5.88. The smallest absolute Gasteiger partial charge is 0.311 e. The first-order valence-electron chi connectivity index (χ1n) is 10.7. The zero-order valence-corrected chi connectivity index (χ0v) is 18.8. The molecule has 32 heavy (non-hydrogen) atoms. The number of hydrogen-bond acceptors (Lipinski definition) is 6. The van der Waals surface area contributed by atoms with Crippen LogP contribution in [0.3, 0.4) is 0 Å². The number of hydroxylamine groups is 2. The average Bonchev–Trinajstić information content (AvgIpc) is 3.36. The number of esters is 1. The molecule has 2 aliphatic heterocycles. The monoisotopic (exact) mass is 458 g/mol. The van der Waals surface area contributed by atoms with Gasteiger partial charge >= 0.3 is 5.97 Å². The first kappa shape index (κ1) is 22.6. The summed E-state index contributed by atoms with van der Waals surface area (Å²) in [6.07, 6.45) is 2.90. The van der Waals surface area contributed by atoms with E-state index in [0.717, 1.165) is 17.1 Å². The molecule has 0 radical (unpaired) electrons. The molecule has 2 aromatic rings. The fourth-order valence-electron chi connectivity index (χ4n) is 4.75. The van der Waals surface area contributed by atoms with E-state index in [1.54, 1.807) is 6.08 Å².